The zero-order valence-electron chi connectivity index (χ0n) is 17.8. The summed E-state index contributed by atoms with van der Waals surface area (Å²) < 4.78 is 27.1. The molecule has 0 amide bonds. The average Bonchev–Trinajstić information content (AvgIpc) is 2.99. The van der Waals surface area contributed by atoms with Gasteiger partial charge in [-0.25, -0.2) is 18.8 Å². The first-order valence-corrected chi connectivity index (χ1v) is 11.2. The van der Waals surface area contributed by atoms with E-state index in [1.165, 1.54) is 6.07 Å². The highest BCUT2D eigenvalue weighted by atomic mass is 32.2. The Bertz CT molecular complexity index is 1120. The number of aromatic nitrogens is 1. The van der Waals surface area contributed by atoms with E-state index >= 15 is 0 Å². The number of carbonyl (C=O) groups excluding carboxylic acids is 1. The third-order valence-electron chi connectivity index (χ3n) is 5.21. The predicted molar refractivity (Wildman–Crippen MR) is 122 cm³/mol. The third kappa shape index (κ3) is 4.92. The number of Topliss-reactive ketones (excluding diaryl/α,β-unsaturated/α-hetero) is 1. The number of thioether (sulfide) groups is 1. The Hall–Kier alpha value is -2.97. The van der Waals surface area contributed by atoms with Crippen LogP contribution in [0.25, 0.3) is 0 Å². The Balaban J connectivity index is 1.62. The maximum absolute atomic E-state index is 13.7. The zero-order valence-corrected chi connectivity index (χ0v) is 18.6. The molecular formula is C24H23F2N3O2S. The van der Waals surface area contributed by atoms with Crippen molar-refractivity contribution in [2.45, 2.75) is 31.3 Å². The van der Waals surface area contributed by atoms with E-state index in [-0.39, 0.29) is 18.4 Å². The second kappa shape index (κ2) is 9.67. The topological polar surface area (TPSA) is 54.5 Å². The standard InChI is InChI=1S/C24H23F2N3O2S/c1-15(18-4-6-19(7-5-18)16(2)30)28-24-23-22(9-10-27-24)32-12-11-31-29(23)14-17-3-8-20(25)21(26)13-17/h3-10,13,15H,11-12,14H2,1-2H3,(H,27,28). The van der Waals surface area contributed by atoms with Crippen molar-refractivity contribution in [2.24, 2.45) is 0 Å². The fourth-order valence-electron chi connectivity index (χ4n) is 3.49. The summed E-state index contributed by atoms with van der Waals surface area (Å²) in [5.74, 6) is -0.363. The van der Waals surface area contributed by atoms with Gasteiger partial charge in [0.25, 0.3) is 0 Å². The van der Waals surface area contributed by atoms with Crippen molar-refractivity contribution in [3.8, 4) is 0 Å². The van der Waals surface area contributed by atoms with Gasteiger partial charge in [0.05, 0.1) is 19.2 Å². The second-order valence-corrected chi connectivity index (χ2v) is 8.65. The molecule has 2 heterocycles. The van der Waals surface area contributed by atoms with E-state index in [1.54, 1.807) is 36.0 Å². The summed E-state index contributed by atoms with van der Waals surface area (Å²) in [4.78, 5) is 23.0. The fraction of sp³-hybridized carbons (Fsp3) is 0.250. The first-order chi connectivity index (χ1) is 15.4. The number of hydrogen-bond acceptors (Lipinski definition) is 6. The molecule has 1 N–H and O–H groups in total. The van der Waals surface area contributed by atoms with Gasteiger partial charge in [0.15, 0.2) is 23.2 Å². The molecule has 1 atom stereocenters. The van der Waals surface area contributed by atoms with Gasteiger partial charge in [-0.3, -0.25) is 9.63 Å². The molecule has 5 nitrogen and oxygen atoms in total. The van der Waals surface area contributed by atoms with Gasteiger partial charge in [0.2, 0.25) is 0 Å². The minimum absolute atomic E-state index is 0.0225. The summed E-state index contributed by atoms with van der Waals surface area (Å²) in [5, 5.41) is 5.12. The van der Waals surface area contributed by atoms with Gasteiger partial charge in [0.1, 0.15) is 5.69 Å². The first kappa shape index (κ1) is 22.2. The number of hydroxylamine groups is 1. The van der Waals surface area contributed by atoms with Crippen LogP contribution in [-0.4, -0.2) is 23.1 Å². The monoisotopic (exact) mass is 455 g/mol. The van der Waals surface area contributed by atoms with E-state index in [4.69, 9.17) is 4.84 Å². The summed E-state index contributed by atoms with van der Waals surface area (Å²) in [6.45, 7) is 4.27. The van der Waals surface area contributed by atoms with Crippen LogP contribution in [0.1, 0.15) is 41.4 Å². The molecule has 1 aliphatic heterocycles. The lowest BCUT2D eigenvalue weighted by molar-refractivity contribution is 0.101. The van der Waals surface area contributed by atoms with E-state index < -0.39 is 11.6 Å². The summed E-state index contributed by atoms with van der Waals surface area (Å²) in [7, 11) is 0. The molecule has 1 aromatic heterocycles. The number of nitrogens with zero attached hydrogens (tertiary/aromatic N) is 2. The number of nitrogens with one attached hydrogen (secondary N) is 1. The van der Waals surface area contributed by atoms with Gasteiger partial charge < -0.3 is 5.32 Å². The number of rotatable bonds is 6. The smallest absolute Gasteiger partial charge is 0.159 e. The second-order valence-electron chi connectivity index (χ2n) is 7.52. The summed E-state index contributed by atoms with van der Waals surface area (Å²) in [6.07, 6.45) is 1.74. The van der Waals surface area contributed by atoms with E-state index in [0.717, 1.165) is 28.0 Å². The Morgan fingerprint density at radius 1 is 1.19 bits per heavy atom. The van der Waals surface area contributed by atoms with Crippen molar-refractivity contribution in [1.82, 2.24) is 4.98 Å². The number of benzene rings is 2. The molecule has 2 aromatic carbocycles. The molecule has 8 heteroatoms. The molecule has 4 rings (SSSR count). The minimum atomic E-state index is -0.890. The number of carbonyl (C=O) groups is 1. The van der Waals surface area contributed by atoms with Crippen LogP contribution in [0.3, 0.4) is 0 Å². The first-order valence-electron chi connectivity index (χ1n) is 10.3. The number of fused-ring (bicyclic) bond motifs is 1. The fourth-order valence-corrected chi connectivity index (χ4v) is 4.36. The van der Waals surface area contributed by atoms with E-state index in [1.807, 2.05) is 37.3 Å². The number of pyridine rings is 1. The summed E-state index contributed by atoms with van der Waals surface area (Å²) >= 11 is 1.65. The highest BCUT2D eigenvalue weighted by Gasteiger charge is 2.23. The Morgan fingerprint density at radius 2 is 1.97 bits per heavy atom. The quantitative estimate of drug-likeness (QED) is 0.476. The summed E-state index contributed by atoms with van der Waals surface area (Å²) in [5.41, 5.74) is 3.01. The molecule has 0 saturated heterocycles. The molecule has 0 aliphatic carbocycles. The van der Waals surface area contributed by atoms with Crippen LogP contribution in [0.5, 0.6) is 0 Å². The van der Waals surface area contributed by atoms with Crippen LogP contribution in [0, 0.1) is 11.6 Å². The van der Waals surface area contributed by atoms with Crippen LogP contribution < -0.4 is 10.4 Å². The van der Waals surface area contributed by atoms with Crippen molar-refractivity contribution >= 4 is 29.1 Å². The molecule has 32 heavy (non-hydrogen) atoms. The average molecular weight is 456 g/mol. The van der Waals surface area contributed by atoms with Crippen LogP contribution in [0.15, 0.2) is 59.6 Å². The number of hydrogen-bond donors (Lipinski definition) is 1. The Morgan fingerprint density at radius 3 is 2.69 bits per heavy atom. The van der Waals surface area contributed by atoms with Gasteiger partial charge in [-0.1, -0.05) is 30.3 Å². The van der Waals surface area contributed by atoms with Crippen molar-refractivity contribution < 1.29 is 18.4 Å². The molecule has 0 saturated carbocycles. The Labute approximate surface area is 189 Å². The molecule has 3 aromatic rings. The minimum Gasteiger partial charge on any atom is -0.362 e. The number of halogens is 2. The molecule has 166 valence electrons. The molecule has 1 unspecified atom stereocenters. The molecular weight excluding hydrogens is 432 g/mol. The third-order valence-corrected chi connectivity index (χ3v) is 6.22. The molecule has 0 bridgehead atoms. The largest absolute Gasteiger partial charge is 0.362 e. The van der Waals surface area contributed by atoms with Gasteiger partial charge >= 0.3 is 0 Å². The van der Waals surface area contributed by atoms with E-state index in [0.29, 0.717) is 23.6 Å². The van der Waals surface area contributed by atoms with Crippen molar-refractivity contribution in [1.29, 1.82) is 0 Å². The van der Waals surface area contributed by atoms with Gasteiger partial charge in [0, 0.05) is 22.4 Å². The molecule has 1 aliphatic rings. The highest BCUT2D eigenvalue weighted by Crippen LogP contribution is 2.39. The van der Waals surface area contributed by atoms with Crippen molar-refractivity contribution in [3.63, 3.8) is 0 Å². The highest BCUT2D eigenvalue weighted by molar-refractivity contribution is 7.99. The Kier molecular flexibility index (Phi) is 6.72. The van der Waals surface area contributed by atoms with Crippen LogP contribution >= 0.6 is 11.8 Å². The molecule has 0 spiro atoms. The zero-order chi connectivity index (χ0) is 22.7. The molecule has 0 fully saturated rings. The lowest BCUT2D eigenvalue weighted by Crippen LogP contribution is -2.25. The normalized spacial score (nSPS) is 14.4. The SMILES string of the molecule is CC(=O)c1ccc(C(C)Nc2nccc3c2N(Cc2ccc(F)c(F)c2)OCCS3)cc1. The summed E-state index contributed by atoms with van der Waals surface area (Å²) in [6, 6.07) is 13.1. The van der Waals surface area contributed by atoms with E-state index in [9.17, 15) is 13.6 Å². The van der Waals surface area contributed by atoms with Crippen molar-refractivity contribution in [3.05, 3.63) is 83.1 Å². The lowest BCUT2D eigenvalue weighted by atomic mass is 10.0. The number of anilines is 2. The maximum Gasteiger partial charge on any atom is 0.159 e. The van der Waals surface area contributed by atoms with Gasteiger partial charge in [-0.05, 0) is 43.2 Å². The predicted octanol–water partition coefficient (Wildman–Crippen LogP) is 5.78. The van der Waals surface area contributed by atoms with Crippen molar-refractivity contribution in [2.75, 3.05) is 22.7 Å². The van der Waals surface area contributed by atoms with Crippen LogP contribution in [0.2, 0.25) is 0 Å². The molecule has 0 radical (unpaired) electrons. The van der Waals surface area contributed by atoms with E-state index in [2.05, 4.69) is 10.3 Å². The lowest BCUT2D eigenvalue weighted by Gasteiger charge is -2.27. The van der Waals surface area contributed by atoms with Crippen LogP contribution in [0.4, 0.5) is 20.3 Å². The number of ketones is 1. The maximum atomic E-state index is 13.7. The van der Waals surface area contributed by atoms with Gasteiger partial charge in [-0.15, -0.1) is 11.8 Å². The van der Waals surface area contributed by atoms with Gasteiger partial charge in [-0.2, -0.15) is 0 Å². The van der Waals surface area contributed by atoms with Crippen LogP contribution in [-0.2, 0) is 11.4 Å².